The number of alkyl halides is 2. The number of amides is 1. The number of carbonyl (C=O) groups excluding carboxylic acids is 1. The number of nitrogens with two attached hydrogens (primary N) is 1. The van der Waals surface area contributed by atoms with Crippen molar-refractivity contribution in [3.05, 3.63) is 27.7 Å². The maximum atomic E-state index is 12.9. The van der Waals surface area contributed by atoms with Gasteiger partial charge in [-0.25, -0.2) is 8.78 Å². The Morgan fingerprint density at radius 3 is 2.58 bits per heavy atom. The van der Waals surface area contributed by atoms with E-state index in [1.54, 1.807) is 6.26 Å². The van der Waals surface area contributed by atoms with Gasteiger partial charge < -0.3 is 11.1 Å². The molecule has 0 bridgehead atoms. The minimum Gasteiger partial charge on any atom is -0.346 e. The van der Waals surface area contributed by atoms with Crippen LogP contribution in [-0.2, 0) is 0 Å². The molecule has 0 spiro atoms. The summed E-state index contributed by atoms with van der Waals surface area (Å²) >= 11 is 13.1. The summed E-state index contributed by atoms with van der Waals surface area (Å²) in [6.07, 6.45) is 1.78. The van der Waals surface area contributed by atoms with Crippen molar-refractivity contribution in [1.82, 2.24) is 5.32 Å². The molecule has 0 aliphatic rings. The predicted octanol–water partition coefficient (Wildman–Crippen LogP) is 3.04. The standard InChI is InChI=1S/C11H12Cl2F2N2OS/c1-19-9-2-6(7(12)3-8(9)13)10(18)17-5-11(14,15)4-16/h2-3H,4-5,16H2,1H3,(H,17,18). The molecule has 0 unspecified atom stereocenters. The highest BCUT2D eigenvalue weighted by atomic mass is 35.5. The maximum absolute atomic E-state index is 12.9. The normalized spacial score (nSPS) is 11.5. The summed E-state index contributed by atoms with van der Waals surface area (Å²) < 4.78 is 25.9. The first-order valence-corrected chi connectivity index (χ1v) is 7.18. The van der Waals surface area contributed by atoms with Gasteiger partial charge in [0.25, 0.3) is 11.8 Å². The Hall–Kier alpha value is -0.560. The highest BCUT2D eigenvalue weighted by molar-refractivity contribution is 7.98. The predicted molar refractivity (Wildman–Crippen MR) is 74.6 cm³/mol. The molecular formula is C11H12Cl2F2N2OS. The van der Waals surface area contributed by atoms with Crippen molar-refractivity contribution < 1.29 is 13.6 Å². The average Bonchev–Trinajstić information content (AvgIpc) is 2.36. The first-order valence-electron chi connectivity index (χ1n) is 5.20. The van der Waals surface area contributed by atoms with Gasteiger partial charge in [0, 0.05) is 4.90 Å². The zero-order chi connectivity index (χ0) is 14.6. The quantitative estimate of drug-likeness (QED) is 0.817. The van der Waals surface area contributed by atoms with Crippen LogP contribution in [-0.4, -0.2) is 31.2 Å². The second-order valence-corrected chi connectivity index (χ2v) is 5.37. The van der Waals surface area contributed by atoms with Gasteiger partial charge in [-0.05, 0) is 18.4 Å². The lowest BCUT2D eigenvalue weighted by Gasteiger charge is -2.15. The molecule has 0 aliphatic carbocycles. The van der Waals surface area contributed by atoms with E-state index in [2.05, 4.69) is 5.32 Å². The minimum absolute atomic E-state index is 0.100. The van der Waals surface area contributed by atoms with Crippen molar-refractivity contribution in [3.63, 3.8) is 0 Å². The van der Waals surface area contributed by atoms with Crippen LogP contribution in [0.1, 0.15) is 10.4 Å². The smallest absolute Gasteiger partial charge is 0.277 e. The van der Waals surface area contributed by atoms with Crippen LogP contribution in [0.4, 0.5) is 8.78 Å². The average molecular weight is 329 g/mol. The third kappa shape index (κ3) is 4.49. The number of thioether (sulfide) groups is 1. The van der Waals surface area contributed by atoms with Gasteiger partial charge in [-0.2, -0.15) is 0 Å². The number of hydrogen-bond acceptors (Lipinski definition) is 3. The van der Waals surface area contributed by atoms with Crippen molar-refractivity contribution in [2.24, 2.45) is 5.73 Å². The van der Waals surface area contributed by atoms with Gasteiger partial charge in [0.05, 0.1) is 28.7 Å². The number of halogens is 4. The molecule has 3 N–H and O–H groups in total. The zero-order valence-corrected chi connectivity index (χ0v) is 12.3. The number of carbonyl (C=O) groups is 1. The Kier molecular flexibility index (Phi) is 5.85. The molecule has 1 aromatic rings. The molecule has 0 heterocycles. The Morgan fingerprint density at radius 1 is 1.42 bits per heavy atom. The second-order valence-electron chi connectivity index (χ2n) is 3.71. The van der Waals surface area contributed by atoms with Gasteiger partial charge in [0.15, 0.2) is 0 Å². The van der Waals surface area contributed by atoms with E-state index in [0.717, 1.165) is 0 Å². The molecule has 0 saturated heterocycles. The van der Waals surface area contributed by atoms with Gasteiger partial charge in [0.2, 0.25) is 0 Å². The van der Waals surface area contributed by atoms with E-state index in [-0.39, 0.29) is 10.6 Å². The SMILES string of the molecule is CSc1cc(C(=O)NCC(F)(F)CN)c(Cl)cc1Cl. The molecule has 0 radical (unpaired) electrons. The summed E-state index contributed by atoms with van der Waals surface area (Å²) in [5, 5.41) is 2.61. The fraction of sp³-hybridized carbons (Fsp3) is 0.364. The first-order chi connectivity index (χ1) is 8.80. The van der Waals surface area contributed by atoms with Crippen LogP contribution in [0.2, 0.25) is 10.0 Å². The largest absolute Gasteiger partial charge is 0.346 e. The van der Waals surface area contributed by atoms with E-state index in [9.17, 15) is 13.6 Å². The van der Waals surface area contributed by atoms with E-state index in [0.29, 0.717) is 9.92 Å². The van der Waals surface area contributed by atoms with E-state index >= 15 is 0 Å². The summed E-state index contributed by atoms with van der Waals surface area (Å²) in [6.45, 7) is -1.67. The molecule has 0 fully saturated rings. The maximum Gasteiger partial charge on any atom is 0.277 e. The molecule has 1 rings (SSSR count). The summed E-state index contributed by atoms with van der Waals surface area (Å²) in [7, 11) is 0. The van der Waals surface area contributed by atoms with Gasteiger partial charge >= 0.3 is 0 Å². The summed E-state index contributed by atoms with van der Waals surface area (Å²) in [6, 6.07) is 2.87. The Labute approximate surface area is 123 Å². The van der Waals surface area contributed by atoms with Gasteiger partial charge in [-0.15, -0.1) is 11.8 Å². The second kappa shape index (κ2) is 6.74. The van der Waals surface area contributed by atoms with Crippen LogP contribution in [0, 0.1) is 0 Å². The van der Waals surface area contributed by atoms with Crippen molar-refractivity contribution >= 4 is 40.9 Å². The van der Waals surface area contributed by atoms with Gasteiger partial charge in [-0.3, -0.25) is 4.79 Å². The third-order valence-corrected chi connectivity index (χ3v) is 3.81. The molecule has 0 aromatic heterocycles. The van der Waals surface area contributed by atoms with Crippen molar-refractivity contribution in [3.8, 4) is 0 Å². The fourth-order valence-corrected chi connectivity index (χ4v) is 2.43. The molecule has 0 aliphatic heterocycles. The fourth-order valence-electron chi connectivity index (χ4n) is 1.24. The lowest BCUT2D eigenvalue weighted by atomic mass is 10.2. The van der Waals surface area contributed by atoms with E-state index in [4.69, 9.17) is 28.9 Å². The Bertz CT molecular complexity index is 486. The van der Waals surface area contributed by atoms with E-state index in [1.807, 2.05) is 0 Å². The molecule has 0 saturated carbocycles. The van der Waals surface area contributed by atoms with E-state index < -0.39 is 24.9 Å². The number of hydrogen-bond donors (Lipinski definition) is 2. The molecule has 106 valence electrons. The number of rotatable bonds is 5. The molecule has 0 atom stereocenters. The highest BCUT2D eigenvalue weighted by Crippen LogP contribution is 2.31. The number of benzene rings is 1. The summed E-state index contributed by atoms with van der Waals surface area (Å²) in [4.78, 5) is 12.4. The monoisotopic (exact) mass is 328 g/mol. The zero-order valence-electron chi connectivity index (χ0n) is 9.97. The van der Waals surface area contributed by atoms with Crippen LogP contribution >= 0.6 is 35.0 Å². The van der Waals surface area contributed by atoms with Gasteiger partial charge in [0.1, 0.15) is 0 Å². The summed E-state index contributed by atoms with van der Waals surface area (Å²) in [5.74, 6) is -3.83. The number of nitrogens with one attached hydrogen (secondary N) is 1. The van der Waals surface area contributed by atoms with Crippen molar-refractivity contribution in [1.29, 1.82) is 0 Å². The van der Waals surface area contributed by atoms with Crippen molar-refractivity contribution in [2.45, 2.75) is 10.8 Å². The topological polar surface area (TPSA) is 55.1 Å². The van der Waals surface area contributed by atoms with Crippen LogP contribution in [0.5, 0.6) is 0 Å². The van der Waals surface area contributed by atoms with Crippen LogP contribution < -0.4 is 11.1 Å². The Morgan fingerprint density at radius 2 is 2.05 bits per heavy atom. The third-order valence-electron chi connectivity index (χ3n) is 2.29. The molecule has 19 heavy (non-hydrogen) atoms. The van der Waals surface area contributed by atoms with Gasteiger partial charge in [-0.1, -0.05) is 23.2 Å². The van der Waals surface area contributed by atoms with Crippen LogP contribution in [0.3, 0.4) is 0 Å². The molecular weight excluding hydrogens is 317 g/mol. The van der Waals surface area contributed by atoms with Crippen molar-refractivity contribution in [2.75, 3.05) is 19.3 Å². The lowest BCUT2D eigenvalue weighted by Crippen LogP contribution is -2.41. The molecule has 8 heteroatoms. The minimum atomic E-state index is -3.14. The first kappa shape index (κ1) is 16.5. The molecule has 1 aromatic carbocycles. The van der Waals surface area contributed by atoms with Crippen LogP contribution in [0.25, 0.3) is 0 Å². The lowest BCUT2D eigenvalue weighted by molar-refractivity contribution is 0.0118. The van der Waals surface area contributed by atoms with E-state index in [1.165, 1.54) is 23.9 Å². The molecule has 3 nitrogen and oxygen atoms in total. The molecule has 1 amide bonds. The highest BCUT2D eigenvalue weighted by Gasteiger charge is 2.27. The Balaban J connectivity index is 2.88. The summed E-state index contributed by atoms with van der Waals surface area (Å²) in [5.41, 5.74) is 4.98. The van der Waals surface area contributed by atoms with Crippen LogP contribution in [0.15, 0.2) is 17.0 Å².